The van der Waals surface area contributed by atoms with Crippen LogP contribution in [0.1, 0.15) is 0 Å². The number of methoxy groups -OCH3 is 1. The van der Waals surface area contributed by atoms with E-state index in [1.165, 1.54) is 19.6 Å². The standard InChI is InChI=1S/C10H9N5O3/c1-18-7-3-2-6(4-12-7)8-9(15(16)17)10(11)14-5-13-8/h2-5H,1H3,(H2,11,13,14). The fourth-order valence-corrected chi connectivity index (χ4v) is 1.42. The summed E-state index contributed by atoms with van der Waals surface area (Å²) in [5.41, 5.74) is 5.75. The van der Waals surface area contributed by atoms with Crippen LogP contribution in [0, 0.1) is 10.1 Å². The van der Waals surface area contributed by atoms with Gasteiger partial charge in [-0.2, -0.15) is 0 Å². The molecule has 0 spiro atoms. The van der Waals surface area contributed by atoms with Gasteiger partial charge in [0.25, 0.3) is 0 Å². The third kappa shape index (κ3) is 2.03. The lowest BCUT2D eigenvalue weighted by molar-refractivity contribution is -0.383. The second-order valence-corrected chi connectivity index (χ2v) is 3.30. The molecule has 2 aromatic rings. The van der Waals surface area contributed by atoms with Crippen LogP contribution < -0.4 is 10.5 Å². The number of nitrogens with zero attached hydrogens (tertiary/aromatic N) is 4. The maximum atomic E-state index is 10.9. The van der Waals surface area contributed by atoms with Gasteiger partial charge in [0.2, 0.25) is 11.7 Å². The van der Waals surface area contributed by atoms with Crippen LogP contribution in [0.5, 0.6) is 5.88 Å². The average Bonchev–Trinajstić information content (AvgIpc) is 2.38. The predicted octanol–water partition coefficient (Wildman–Crippen LogP) is 1.04. The van der Waals surface area contributed by atoms with Gasteiger partial charge in [0.1, 0.15) is 6.33 Å². The van der Waals surface area contributed by atoms with Crippen molar-refractivity contribution in [2.75, 3.05) is 12.8 Å². The lowest BCUT2D eigenvalue weighted by Gasteiger charge is -2.04. The molecular formula is C10H9N5O3. The summed E-state index contributed by atoms with van der Waals surface area (Å²) in [6.07, 6.45) is 2.59. The molecule has 0 atom stereocenters. The molecule has 0 saturated carbocycles. The molecule has 0 fully saturated rings. The molecule has 2 aromatic heterocycles. The Morgan fingerprint density at radius 2 is 2.11 bits per heavy atom. The number of hydrogen-bond donors (Lipinski definition) is 1. The van der Waals surface area contributed by atoms with Crippen LogP contribution in [0.25, 0.3) is 11.3 Å². The molecule has 2 rings (SSSR count). The molecule has 0 amide bonds. The fourth-order valence-electron chi connectivity index (χ4n) is 1.42. The summed E-state index contributed by atoms with van der Waals surface area (Å²) in [4.78, 5) is 21.8. The minimum Gasteiger partial charge on any atom is -0.481 e. The van der Waals surface area contributed by atoms with Gasteiger partial charge in [0, 0.05) is 17.8 Å². The Kier molecular flexibility index (Phi) is 3.00. The Morgan fingerprint density at radius 3 is 2.67 bits per heavy atom. The van der Waals surface area contributed by atoms with Crippen LogP contribution >= 0.6 is 0 Å². The second kappa shape index (κ2) is 4.62. The van der Waals surface area contributed by atoms with Gasteiger partial charge in [-0.1, -0.05) is 0 Å². The molecule has 0 radical (unpaired) electrons. The van der Waals surface area contributed by atoms with Crippen molar-refractivity contribution in [2.24, 2.45) is 0 Å². The van der Waals surface area contributed by atoms with E-state index in [0.29, 0.717) is 11.4 Å². The number of nitrogens with two attached hydrogens (primary N) is 1. The largest absolute Gasteiger partial charge is 0.481 e. The van der Waals surface area contributed by atoms with Gasteiger partial charge >= 0.3 is 5.69 Å². The van der Waals surface area contributed by atoms with Crippen molar-refractivity contribution in [3.05, 3.63) is 34.8 Å². The van der Waals surface area contributed by atoms with E-state index in [-0.39, 0.29) is 17.2 Å². The van der Waals surface area contributed by atoms with E-state index < -0.39 is 4.92 Å². The zero-order chi connectivity index (χ0) is 13.1. The van der Waals surface area contributed by atoms with Gasteiger partial charge in [-0.25, -0.2) is 15.0 Å². The molecule has 2 N–H and O–H groups in total. The highest BCUT2D eigenvalue weighted by Gasteiger charge is 2.22. The highest BCUT2D eigenvalue weighted by Crippen LogP contribution is 2.30. The first-order chi connectivity index (χ1) is 8.63. The van der Waals surface area contributed by atoms with Crippen LogP contribution in [-0.2, 0) is 0 Å². The molecule has 8 nitrogen and oxygen atoms in total. The van der Waals surface area contributed by atoms with E-state index in [2.05, 4.69) is 15.0 Å². The summed E-state index contributed by atoms with van der Waals surface area (Å²) in [5.74, 6) is 0.226. The number of nitro groups is 1. The molecule has 0 aliphatic heterocycles. The van der Waals surface area contributed by atoms with Crippen molar-refractivity contribution in [1.29, 1.82) is 0 Å². The summed E-state index contributed by atoms with van der Waals surface area (Å²) < 4.78 is 4.90. The van der Waals surface area contributed by atoms with Gasteiger partial charge in [-0.05, 0) is 6.07 Å². The van der Waals surface area contributed by atoms with Crippen LogP contribution in [0.15, 0.2) is 24.7 Å². The van der Waals surface area contributed by atoms with Crippen molar-refractivity contribution in [2.45, 2.75) is 0 Å². The first kappa shape index (κ1) is 11.7. The van der Waals surface area contributed by atoms with Crippen LogP contribution in [-0.4, -0.2) is 27.0 Å². The molecule has 0 aliphatic carbocycles. The van der Waals surface area contributed by atoms with Gasteiger partial charge in [0.15, 0.2) is 5.69 Å². The second-order valence-electron chi connectivity index (χ2n) is 3.30. The molecule has 18 heavy (non-hydrogen) atoms. The smallest absolute Gasteiger partial charge is 0.337 e. The Bertz CT molecular complexity index is 585. The van der Waals surface area contributed by atoms with E-state index in [1.54, 1.807) is 12.1 Å². The Morgan fingerprint density at radius 1 is 1.33 bits per heavy atom. The zero-order valence-corrected chi connectivity index (χ0v) is 9.40. The highest BCUT2D eigenvalue weighted by atomic mass is 16.6. The number of anilines is 1. The summed E-state index contributed by atoms with van der Waals surface area (Å²) in [6.45, 7) is 0. The highest BCUT2D eigenvalue weighted by molar-refractivity contribution is 5.75. The van der Waals surface area contributed by atoms with E-state index in [4.69, 9.17) is 10.5 Å². The van der Waals surface area contributed by atoms with Gasteiger partial charge in [-0.3, -0.25) is 10.1 Å². The molecule has 2 heterocycles. The molecule has 0 unspecified atom stereocenters. The summed E-state index contributed by atoms with van der Waals surface area (Å²) in [6, 6.07) is 3.19. The fraction of sp³-hybridized carbons (Fsp3) is 0.100. The molecule has 8 heteroatoms. The normalized spacial score (nSPS) is 10.1. The summed E-state index contributed by atoms with van der Waals surface area (Å²) >= 11 is 0. The van der Waals surface area contributed by atoms with E-state index in [9.17, 15) is 10.1 Å². The molecule has 0 aliphatic rings. The topological polar surface area (TPSA) is 117 Å². The summed E-state index contributed by atoms with van der Waals surface area (Å²) in [5, 5.41) is 10.9. The monoisotopic (exact) mass is 247 g/mol. The number of nitrogen functional groups attached to an aromatic ring is 1. The lowest BCUT2D eigenvalue weighted by Crippen LogP contribution is -2.02. The van der Waals surface area contributed by atoms with Gasteiger partial charge in [0.05, 0.1) is 12.0 Å². The van der Waals surface area contributed by atoms with Crippen LogP contribution in [0.4, 0.5) is 11.5 Å². The summed E-state index contributed by atoms with van der Waals surface area (Å²) in [7, 11) is 1.48. The third-order valence-electron chi connectivity index (χ3n) is 2.25. The quantitative estimate of drug-likeness (QED) is 0.635. The van der Waals surface area contributed by atoms with Crippen molar-refractivity contribution in [3.63, 3.8) is 0 Å². The maximum Gasteiger partial charge on any atom is 0.337 e. The molecule has 0 saturated heterocycles. The van der Waals surface area contributed by atoms with E-state index >= 15 is 0 Å². The Balaban J connectivity index is 2.56. The number of hydrogen-bond acceptors (Lipinski definition) is 7. The number of ether oxygens (including phenoxy) is 1. The predicted molar refractivity (Wildman–Crippen MR) is 62.9 cm³/mol. The first-order valence-corrected chi connectivity index (χ1v) is 4.88. The SMILES string of the molecule is COc1ccc(-c2ncnc(N)c2[N+](=O)[O-])cn1. The van der Waals surface area contributed by atoms with Gasteiger partial charge in [-0.15, -0.1) is 0 Å². The lowest BCUT2D eigenvalue weighted by atomic mass is 10.2. The third-order valence-corrected chi connectivity index (χ3v) is 2.25. The van der Waals surface area contributed by atoms with Crippen molar-refractivity contribution in [1.82, 2.24) is 15.0 Å². The maximum absolute atomic E-state index is 10.9. The van der Waals surface area contributed by atoms with Crippen LogP contribution in [0.2, 0.25) is 0 Å². The first-order valence-electron chi connectivity index (χ1n) is 4.88. The number of pyridine rings is 1. The van der Waals surface area contributed by atoms with E-state index in [1.807, 2.05) is 0 Å². The van der Waals surface area contributed by atoms with Crippen molar-refractivity contribution >= 4 is 11.5 Å². The Hall–Kier alpha value is -2.77. The molecule has 0 bridgehead atoms. The molecule has 92 valence electrons. The van der Waals surface area contributed by atoms with Crippen molar-refractivity contribution in [3.8, 4) is 17.1 Å². The minimum absolute atomic E-state index is 0.127. The number of aromatic nitrogens is 3. The molecular weight excluding hydrogens is 238 g/mol. The molecule has 0 aromatic carbocycles. The minimum atomic E-state index is -0.616. The van der Waals surface area contributed by atoms with Crippen molar-refractivity contribution < 1.29 is 9.66 Å². The zero-order valence-electron chi connectivity index (χ0n) is 9.40. The number of rotatable bonds is 3. The van der Waals surface area contributed by atoms with Crippen LogP contribution in [0.3, 0.4) is 0 Å². The van der Waals surface area contributed by atoms with E-state index in [0.717, 1.165) is 0 Å². The average molecular weight is 247 g/mol. The van der Waals surface area contributed by atoms with Gasteiger partial charge < -0.3 is 10.5 Å². The Labute approximate surface area is 102 Å².